The lowest BCUT2D eigenvalue weighted by atomic mass is 9.93. The standard InChI is InChI=1S/C96H88O12/c1-7-53-13-25-59(26-14-53)60-37-39-66(40-38-60)72-46-84(72)96(102)108-90-52-78-76-50-88(106-94(100)82-44-70(82)64-33-21-57(11-5)22-34-64)86(104-92(98)80-42-68(80)62-29-17-55(9-3)18-30-62)48-74(76)73-47-85(103-91(97)79-41-67(79)61-27-15-54(8-2)16-28-61)87(105-93(99)81-43-69(81)63-31-19-56(10-4)20-32-63)49-75(73)77(78)51-89(90)107-95(101)83-45-71(83)65-35-23-58(12-6)24-36-65/h13-40,47-52,67-72,79-84H,7-12,41-46H2,1-6H3. The van der Waals surface area contributed by atoms with Crippen LogP contribution in [0.25, 0.3) is 43.4 Å². The second-order valence-electron chi connectivity index (χ2n) is 30.9. The van der Waals surface area contributed by atoms with Gasteiger partial charge in [-0.3, -0.25) is 28.8 Å². The Labute approximate surface area is 630 Å². The first kappa shape index (κ1) is 70.0. The molecule has 6 aliphatic rings. The molecule has 0 spiro atoms. The minimum atomic E-state index is -0.528. The second kappa shape index (κ2) is 29.0. The Balaban J connectivity index is 0.810. The number of aryl methyl sites for hydroxylation is 6. The average molecular weight is 1430 g/mol. The lowest BCUT2D eigenvalue weighted by Gasteiger charge is -2.19. The first-order valence-corrected chi connectivity index (χ1v) is 39.1. The van der Waals surface area contributed by atoms with Crippen molar-refractivity contribution in [3.8, 4) is 45.6 Å². The third-order valence-electron chi connectivity index (χ3n) is 24.1. The maximum atomic E-state index is 15.0. The predicted molar refractivity (Wildman–Crippen MR) is 418 cm³/mol. The molecule has 0 amide bonds. The molecule has 6 saturated carbocycles. The zero-order valence-electron chi connectivity index (χ0n) is 61.9. The fourth-order valence-corrected chi connectivity index (χ4v) is 16.4. The Morgan fingerprint density at radius 1 is 0.222 bits per heavy atom. The molecule has 0 aromatic heterocycles. The molecule has 17 rings (SSSR count). The molecule has 12 nitrogen and oxygen atoms in total. The number of esters is 6. The van der Waals surface area contributed by atoms with Crippen LogP contribution in [0.15, 0.2) is 206 Å². The molecule has 12 atom stereocenters. The van der Waals surface area contributed by atoms with Gasteiger partial charge < -0.3 is 28.4 Å². The summed E-state index contributed by atoms with van der Waals surface area (Å²) < 4.78 is 39.6. The van der Waals surface area contributed by atoms with Crippen molar-refractivity contribution in [1.82, 2.24) is 0 Å². The number of carbonyl (C=O) groups excluding carboxylic acids is 6. The zero-order valence-corrected chi connectivity index (χ0v) is 61.9. The summed E-state index contributed by atoms with van der Waals surface area (Å²) in [4.78, 5) is 89.5. The fourth-order valence-electron chi connectivity index (χ4n) is 16.4. The highest BCUT2D eigenvalue weighted by Crippen LogP contribution is 2.57. The van der Waals surface area contributed by atoms with Gasteiger partial charge in [0.1, 0.15) is 0 Å². The van der Waals surface area contributed by atoms with Crippen LogP contribution in [0.5, 0.6) is 34.5 Å². The Morgan fingerprint density at radius 3 is 0.519 bits per heavy atom. The van der Waals surface area contributed by atoms with Gasteiger partial charge in [-0.2, -0.15) is 0 Å². The summed E-state index contributed by atoms with van der Waals surface area (Å²) >= 11 is 0. The van der Waals surface area contributed by atoms with Crippen molar-refractivity contribution in [2.24, 2.45) is 35.5 Å². The van der Waals surface area contributed by atoms with Crippen molar-refractivity contribution in [2.75, 3.05) is 0 Å². The molecular weight excluding hydrogens is 1350 g/mol. The molecule has 0 N–H and O–H groups in total. The topological polar surface area (TPSA) is 158 Å². The van der Waals surface area contributed by atoms with E-state index in [2.05, 4.69) is 211 Å². The molecule has 544 valence electrons. The molecule has 6 fully saturated rings. The van der Waals surface area contributed by atoms with Gasteiger partial charge in [-0.05, 0) is 259 Å². The van der Waals surface area contributed by atoms with Gasteiger partial charge >= 0.3 is 35.8 Å². The Hall–Kier alpha value is -11.0. The van der Waals surface area contributed by atoms with Crippen LogP contribution in [0.4, 0.5) is 0 Å². The molecule has 0 saturated heterocycles. The predicted octanol–water partition coefficient (Wildman–Crippen LogP) is 20.4. The second-order valence-corrected chi connectivity index (χ2v) is 30.9. The summed E-state index contributed by atoms with van der Waals surface area (Å²) in [7, 11) is 0. The van der Waals surface area contributed by atoms with E-state index in [-0.39, 0.29) is 70.0 Å². The minimum absolute atomic E-state index is 0.0168. The van der Waals surface area contributed by atoms with E-state index in [4.69, 9.17) is 28.4 Å². The van der Waals surface area contributed by atoms with Crippen LogP contribution >= 0.6 is 0 Å². The Bertz CT molecular complexity index is 5240. The van der Waals surface area contributed by atoms with E-state index in [1.165, 1.54) is 33.4 Å². The van der Waals surface area contributed by atoms with Crippen molar-refractivity contribution in [3.05, 3.63) is 273 Å². The van der Waals surface area contributed by atoms with Crippen LogP contribution in [0.3, 0.4) is 0 Å². The number of ether oxygens (including phenoxy) is 6. The Morgan fingerprint density at radius 2 is 0.361 bits per heavy atom. The van der Waals surface area contributed by atoms with Crippen molar-refractivity contribution < 1.29 is 57.2 Å². The van der Waals surface area contributed by atoms with Crippen LogP contribution in [0.2, 0.25) is 0 Å². The van der Waals surface area contributed by atoms with E-state index in [1.807, 2.05) is 0 Å². The van der Waals surface area contributed by atoms with E-state index in [1.54, 1.807) is 36.4 Å². The number of carbonyl (C=O) groups is 6. The lowest BCUT2D eigenvalue weighted by molar-refractivity contribution is -0.138. The van der Waals surface area contributed by atoms with E-state index < -0.39 is 71.3 Å². The largest absolute Gasteiger partial charge is 0.422 e. The summed E-state index contributed by atoms with van der Waals surface area (Å²) in [6.07, 6.45) is 8.63. The summed E-state index contributed by atoms with van der Waals surface area (Å²) in [6, 6.07) is 68.5. The normalized spacial score (nSPS) is 22.6. The van der Waals surface area contributed by atoms with E-state index >= 15 is 4.79 Å². The highest BCUT2D eigenvalue weighted by Gasteiger charge is 2.51. The third-order valence-corrected chi connectivity index (χ3v) is 24.1. The molecule has 0 bridgehead atoms. The Kier molecular flexibility index (Phi) is 18.8. The van der Waals surface area contributed by atoms with Crippen LogP contribution in [0, 0.1) is 35.5 Å². The molecule has 108 heavy (non-hydrogen) atoms. The number of benzene rings is 11. The molecule has 11 aromatic carbocycles. The molecule has 0 aliphatic heterocycles. The van der Waals surface area contributed by atoms with Gasteiger partial charge in [0.2, 0.25) is 0 Å². The molecule has 0 radical (unpaired) electrons. The first-order valence-electron chi connectivity index (χ1n) is 39.1. The van der Waals surface area contributed by atoms with E-state index in [0.717, 1.165) is 83.0 Å². The highest BCUT2D eigenvalue weighted by molar-refractivity contribution is 6.27. The number of rotatable bonds is 25. The van der Waals surface area contributed by atoms with Crippen molar-refractivity contribution in [2.45, 2.75) is 154 Å². The molecule has 12 heteroatoms. The van der Waals surface area contributed by atoms with Gasteiger partial charge in [-0.1, -0.05) is 211 Å². The molecule has 12 unspecified atom stereocenters. The van der Waals surface area contributed by atoms with Gasteiger partial charge in [0.05, 0.1) is 35.5 Å². The molecule has 6 aliphatic carbocycles. The van der Waals surface area contributed by atoms with Gasteiger partial charge in [-0.15, -0.1) is 0 Å². The summed E-state index contributed by atoms with van der Waals surface area (Å²) in [5, 5.41) is 2.75. The van der Waals surface area contributed by atoms with Gasteiger partial charge in [0.15, 0.2) is 34.5 Å². The number of fused-ring (bicyclic) bond motifs is 6. The van der Waals surface area contributed by atoms with Crippen molar-refractivity contribution in [1.29, 1.82) is 0 Å². The van der Waals surface area contributed by atoms with Gasteiger partial charge in [0, 0.05) is 0 Å². The maximum Gasteiger partial charge on any atom is 0.315 e. The van der Waals surface area contributed by atoms with Crippen molar-refractivity contribution in [3.63, 3.8) is 0 Å². The number of hydrogen-bond donors (Lipinski definition) is 0. The van der Waals surface area contributed by atoms with Crippen molar-refractivity contribution >= 4 is 68.1 Å². The van der Waals surface area contributed by atoms with Crippen LogP contribution in [-0.2, 0) is 67.3 Å². The molecular formula is C96H88O12. The van der Waals surface area contributed by atoms with Gasteiger partial charge in [0.25, 0.3) is 0 Å². The minimum Gasteiger partial charge on any atom is -0.422 e. The zero-order chi connectivity index (χ0) is 74.2. The monoisotopic (exact) mass is 1430 g/mol. The van der Waals surface area contributed by atoms with Crippen LogP contribution in [0.1, 0.15) is 182 Å². The summed E-state index contributed by atoms with van der Waals surface area (Å²) in [5.41, 5.74) is 15.5. The van der Waals surface area contributed by atoms with Crippen LogP contribution < -0.4 is 28.4 Å². The molecule has 0 heterocycles. The molecule has 11 aromatic rings. The quantitative estimate of drug-likeness (QED) is 0.0303. The SMILES string of the molecule is CCc1ccc(-c2ccc(C3CC3C(=O)Oc3cc4c5cc(OC(=O)C6CC6c6ccc(CC)cc6)c(OC(=O)C6CC6c6ccc(CC)cc6)cc5c5cc(OC(=O)C6CC6c6ccc(CC)cc6)c(OC(=O)C6CC6c6ccc(CC)cc6)cc5c4cc3OC(=O)C3CC3c3ccc(CC)cc3)cc2)cc1. The fraction of sp³-hybridized carbons (Fsp3) is 0.312. The highest BCUT2D eigenvalue weighted by atomic mass is 16.6. The smallest absolute Gasteiger partial charge is 0.315 e. The maximum absolute atomic E-state index is 15.0. The number of hydrogen-bond acceptors (Lipinski definition) is 12. The average Bonchev–Trinajstić information content (AvgIpc) is 1.38. The first-order chi connectivity index (χ1) is 52.6. The van der Waals surface area contributed by atoms with E-state index in [0.29, 0.717) is 70.8 Å². The summed E-state index contributed by atoms with van der Waals surface area (Å²) in [6.45, 7) is 12.7. The third kappa shape index (κ3) is 14.2. The summed E-state index contributed by atoms with van der Waals surface area (Å²) in [5.74, 6) is -6.76. The lowest BCUT2D eigenvalue weighted by Crippen LogP contribution is -2.16. The van der Waals surface area contributed by atoms with E-state index in [9.17, 15) is 24.0 Å². The van der Waals surface area contributed by atoms with Gasteiger partial charge in [-0.25, -0.2) is 0 Å². The van der Waals surface area contributed by atoms with Crippen LogP contribution in [-0.4, -0.2) is 35.8 Å².